The van der Waals surface area contributed by atoms with E-state index in [-0.39, 0.29) is 0 Å². The second kappa shape index (κ2) is 4.00. The van der Waals surface area contributed by atoms with Crippen LogP contribution in [0.3, 0.4) is 0 Å². The molecule has 3 aromatic rings. The van der Waals surface area contributed by atoms with Crippen LogP contribution in [0.15, 0.2) is 46.9 Å². The molecule has 1 heterocycles. The first kappa shape index (κ1) is 10.5. The third-order valence-electron chi connectivity index (χ3n) is 2.85. The fourth-order valence-corrected chi connectivity index (χ4v) is 2.66. The van der Waals surface area contributed by atoms with Crippen molar-refractivity contribution in [2.45, 2.75) is 6.92 Å². The molecule has 0 saturated carbocycles. The van der Waals surface area contributed by atoms with E-state index in [1.807, 2.05) is 36.4 Å². The number of aromatic nitrogens is 2. The first-order valence-electron chi connectivity index (χ1n) is 5.46. The first-order chi connectivity index (χ1) is 8.25. The van der Waals surface area contributed by atoms with E-state index in [0.29, 0.717) is 0 Å². The molecule has 0 aliphatic carbocycles. The van der Waals surface area contributed by atoms with E-state index in [2.05, 4.69) is 38.9 Å². The van der Waals surface area contributed by atoms with Crippen molar-refractivity contribution in [1.82, 2.24) is 9.97 Å². The molecule has 0 amide bonds. The molecule has 0 saturated heterocycles. The van der Waals surface area contributed by atoms with Crippen molar-refractivity contribution in [1.29, 1.82) is 0 Å². The van der Waals surface area contributed by atoms with Gasteiger partial charge in [-0.05, 0) is 30.7 Å². The Hall–Kier alpha value is -1.61. The van der Waals surface area contributed by atoms with Crippen molar-refractivity contribution in [3.8, 4) is 11.4 Å². The molecule has 3 heteroatoms. The smallest absolute Gasteiger partial charge is 0.139 e. The van der Waals surface area contributed by atoms with Gasteiger partial charge in [-0.15, -0.1) is 0 Å². The zero-order valence-electron chi connectivity index (χ0n) is 9.37. The van der Waals surface area contributed by atoms with Crippen molar-refractivity contribution < 1.29 is 0 Å². The minimum Gasteiger partial charge on any atom is -0.338 e. The SMILES string of the molecule is Cc1cccc(Br)c1-c1nc2ccccc2[nH]1. The normalized spacial score (nSPS) is 10.9. The number of hydrogen-bond donors (Lipinski definition) is 1. The van der Waals surface area contributed by atoms with Crippen LogP contribution in [0.2, 0.25) is 0 Å². The highest BCUT2D eigenvalue weighted by atomic mass is 79.9. The van der Waals surface area contributed by atoms with Crippen LogP contribution in [0.25, 0.3) is 22.4 Å². The molecular formula is C14H11BrN2. The summed E-state index contributed by atoms with van der Waals surface area (Å²) in [7, 11) is 0. The summed E-state index contributed by atoms with van der Waals surface area (Å²) in [6.45, 7) is 2.09. The zero-order chi connectivity index (χ0) is 11.8. The Morgan fingerprint density at radius 1 is 1.06 bits per heavy atom. The number of para-hydroxylation sites is 2. The van der Waals surface area contributed by atoms with Gasteiger partial charge in [0.2, 0.25) is 0 Å². The predicted molar refractivity (Wildman–Crippen MR) is 74.0 cm³/mol. The van der Waals surface area contributed by atoms with Crippen LogP contribution >= 0.6 is 15.9 Å². The average Bonchev–Trinajstić information content (AvgIpc) is 2.71. The first-order valence-corrected chi connectivity index (χ1v) is 6.25. The highest BCUT2D eigenvalue weighted by Crippen LogP contribution is 2.30. The van der Waals surface area contributed by atoms with E-state index < -0.39 is 0 Å². The number of halogens is 1. The number of nitrogens with zero attached hydrogens (tertiary/aromatic N) is 1. The lowest BCUT2D eigenvalue weighted by Crippen LogP contribution is -1.86. The number of nitrogens with one attached hydrogen (secondary N) is 1. The van der Waals surface area contributed by atoms with E-state index in [1.165, 1.54) is 5.56 Å². The summed E-state index contributed by atoms with van der Waals surface area (Å²) < 4.78 is 1.07. The summed E-state index contributed by atoms with van der Waals surface area (Å²) >= 11 is 3.58. The molecule has 17 heavy (non-hydrogen) atoms. The molecule has 0 atom stereocenters. The topological polar surface area (TPSA) is 28.7 Å². The average molecular weight is 287 g/mol. The third-order valence-corrected chi connectivity index (χ3v) is 3.51. The van der Waals surface area contributed by atoms with E-state index in [9.17, 15) is 0 Å². The predicted octanol–water partition coefficient (Wildman–Crippen LogP) is 4.30. The number of aryl methyl sites for hydroxylation is 1. The lowest BCUT2D eigenvalue weighted by molar-refractivity contribution is 1.30. The Kier molecular flexibility index (Phi) is 2.48. The van der Waals surface area contributed by atoms with Crippen molar-refractivity contribution in [3.05, 3.63) is 52.5 Å². The minimum atomic E-state index is 0.913. The summed E-state index contributed by atoms with van der Waals surface area (Å²) in [6, 6.07) is 14.2. The van der Waals surface area contributed by atoms with Crippen molar-refractivity contribution in [2.75, 3.05) is 0 Å². The van der Waals surface area contributed by atoms with Gasteiger partial charge in [0.15, 0.2) is 0 Å². The van der Waals surface area contributed by atoms with Crippen LogP contribution in [0.4, 0.5) is 0 Å². The molecule has 0 aliphatic heterocycles. The zero-order valence-corrected chi connectivity index (χ0v) is 11.0. The van der Waals surface area contributed by atoms with E-state index >= 15 is 0 Å². The molecule has 3 rings (SSSR count). The Morgan fingerprint density at radius 2 is 1.88 bits per heavy atom. The molecule has 0 radical (unpaired) electrons. The van der Waals surface area contributed by atoms with E-state index in [4.69, 9.17) is 0 Å². The Balaban J connectivity index is 2.27. The largest absolute Gasteiger partial charge is 0.338 e. The summed E-state index contributed by atoms with van der Waals surface area (Å²) in [6.07, 6.45) is 0. The van der Waals surface area contributed by atoms with Crippen LogP contribution in [-0.2, 0) is 0 Å². The summed E-state index contributed by atoms with van der Waals surface area (Å²) in [5.74, 6) is 0.913. The second-order valence-corrected chi connectivity index (χ2v) is 4.89. The Labute approximate surface area is 108 Å². The molecule has 1 aromatic heterocycles. The van der Waals surface area contributed by atoms with Crippen LogP contribution in [0, 0.1) is 6.92 Å². The Bertz CT molecular complexity index is 632. The number of H-pyrrole nitrogens is 1. The van der Waals surface area contributed by atoms with Gasteiger partial charge in [-0.25, -0.2) is 4.98 Å². The maximum absolute atomic E-state index is 4.62. The number of hydrogen-bond acceptors (Lipinski definition) is 1. The van der Waals surface area contributed by atoms with Gasteiger partial charge >= 0.3 is 0 Å². The van der Waals surface area contributed by atoms with Gasteiger partial charge in [-0.1, -0.05) is 40.2 Å². The van der Waals surface area contributed by atoms with Crippen LogP contribution in [0.5, 0.6) is 0 Å². The lowest BCUT2D eigenvalue weighted by Gasteiger charge is -2.04. The second-order valence-electron chi connectivity index (χ2n) is 4.03. The van der Waals surface area contributed by atoms with Gasteiger partial charge < -0.3 is 4.98 Å². The molecule has 2 aromatic carbocycles. The third kappa shape index (κ3) is 1.76. The molecule has 0 spiro atoms. The molecule has 0 unspecified atom stereocenters. The molecule has 2 nitrogen and oxygen atoms in total. The number of rotatable bonds is 1. The molecule has 1 N–H and O–H groups in total. The maximum atomic E-state index is 4.62. The molecule has 0 aliphatic rings. The van der Waals surface area contributed by atoms with Crippen LogP contribution < -0.4 is 0 Å². The number of imidazole rings is 1. The summed E-state index contributed by atoms with van der Waals surface area (Å²) in [5.41, 5.74) is 4.40. The lowest BCUT2D eigenvalue weighted by atomic mass is 10.1. The quantitative estimate of drug-likeness (QED) is 0.710. The van der Waals surface area contributed by atoms with Gasteiger partial charge in [-0.3, -0.25) is 0 Å². The van der Waals surface area contributed by atoms with E-state index in [1.54, 1.807) is 0 Å². The molecule has 0 fully saturated rings. The Morgan fingerprint density at radius 3 is 2.65 bits per heavy atom. The summed E-state index contributed by atoms with van der Waals surface area (Å²) in [4.78, 5) is 7.97. The van der Waals surface area contributed by atoms with Gasteiger partial charge in [0.25, 0.3) is 0 Å². The molecular weight excluding hydrogens is 276 g/mol. The van der Waals surface area contributed by atoms with Crippen LogP contribution in [-0.4, -0.2) is 9.97 Å². The fourth-order valence-electron chi connectivity index (χ4n) is 2.00. The highest BCUT2D eigenvalue weighted by molar-refractivity contribution is 9.10. The standard InChI is InChI=1S/C14H11BrN2/c1-9-5-4-6-10(15)13(9)14-16-11-7-2-3-8-12(11)17-14/h2-8H,1H3,(H,16,17). The molecule has 0 bridgehead atoms. The molecule has 84 valence electrons. The highest BCUT2D eigenvalue weighted by Gasteiger charge is 2.10. The van der Waals surface area contributed by atoms with Gasteiger partial charge in [0.05, 0.1) is 11.0 Å². The van der Waals surface area contributed by atoms with Gasteiger partial charge in [0, 0.05) is 10.0 Å². The van der Waals surface area contributed by atoms with Crippen LogP contribution in [0.1, 0.15) is 5.56 Å². The van der Waals surface area contributed by atoms with Gasteiger partial charge in [0.1, 0.15) is 5.82 Å². The van der Waals surface area contributed by atoms with E-state index in [0.717, 1.165) is 26.9 Å². The van der Waals surface area contributed by atoms with Crippen molar-refractivity contribution in [3.63, 3.8) is 0 Å². The summed E-state index contributed by atoms with van der Waals surface area (Å²) in [5, 5.41) is 0. The maximum Gasteiger partial charge on any atom is 0.139 e. The minimum absolute atomic E-state index is 0.913. The van der Waals surface area contributed by atoms with Crippen molar-refractivity contribution in [2.24, 2.45) is 0 Å². The van der Waals surface area contributed by atoms with Gasteiger partial charge in [-0.2, -0.15) is 0 Å². The number of benzene rings is 2. The number of aromatic amines is 1. The fraction of sp³-hybridized carbons (Fsp3) is 0.0714. The van der Waals surface area contributed by atoms with Crippen molar-refractivity contribution >= 4 is 27.0 Å². The monoisotopic (exact) mass is 286 g/mol. The number of fused-ring (bicyclic) bond motifs is 1.